The van der Waals surface area contributed by atoms with Gasteiger partial charge in [0.15, 0.2) is 0 Å². The molecule has 2 rings (SSSR count). The second-order valence-corrected chi connectivity index (χ2v) is 7.98. The van der Waals surface area contributed by atoms with Gasteiger partial charge in [0, 0.05) is 12.8 Å². The summed E-state index contributed by atoms with van der Waals surface area (Å²) in [4.78, 5) is 71.3. The fourth-order valence-electron chi connectivity index (χ4n) is 2.35. The number of nitrogens with two attached hydrogens (primary N) is 1. The molecule has 0 radical (unpaired) electrons. The Morgan fingerprint density at radius 1 is 0.800 bits per heavy atom. The second kappa shape index (κ2) is 18.7. The van der Waals surface area contributed by atoms with E-state index in [0.29, 0.717) is 6.42 Å². The Bertz CT molecular complexity index is 1230. The van der Waals surface area contributed by atoms with Crippen molar-refractivity contribution < 1.29 is 53.6 Å². The van der Waals surface area contributed by atoms with E-state index in [1.165, 1.54) is 32.7 Å². The number of esters is 2. The molecule has 0 aliphatic carbocycles. The number of pyridine rings is 2. The number of anilines is 2. The highest BCUT2D eigenvalue weighted by molar-refractivity contribution is 6.30. The standard InChI is InChI=1S/C12H13ClN2O5.C6H5ClN2O2.C5H8O4/c1-20-11(17)4-2-3-10(16)15-8-6-14-9(13)5-7(8)12(18)19;7-5-1-3(6(10)11)4(8)2-9-5;1-9-5(8)3-2-4(6)7/h5-6H,2-4H2,1H3,(H,15,16)(H,18,19);1-2H,8H2,(H,10,11);2-3H2,1H3,(H,6,7). The molecule has 0 fully saturated rings. The molecule has 0 bridgehead atoms. The molecule has 2 aromatic rings. The highest BCUT2D eigenvalue weighted by Crippen LogP contribution is 2.18. The molecule has 2 heterocycles. The van der Waals surface area contributed by atoms with Crippen molar-refractivity contribution in [2.24, 2.45) is 0 Å². The Hall–Kier alpha value is -4.50. The Morgan fingerprint density at radius 3 is 1.77 bits per heavy atom. The molecule has 1 amide bonds. The molecule has 17 heteroatoms. The van der Waals surface area contributed by atoms with Crippen molar-refractivity contribution in [3.05, 3.63) is 46.0 Å². The molecule has 0 saturated carbocycles. The van der Waals surface area contributed by atoms with Crippen molar-refractivity contribution in [3.63, 3.8) is 0 Å². The number of hydrogen-bond donors (Lipinski definition) is 5. The number of aliphatic carboxylic acids is 1. The fourth-order valence-corrected chi connectivity index (χ4v) is 2.67. The van der Waals surface area contributed by atoms with Crippen molar-refractivity contribution in [1.82, 2.24) is 9.97 Å². The van der Waals surface area contributed by atoms with Gasteiger partial charge in [-0.15, -0.1) is 0 Å². The third kappa shape index (κ3) is 15.0. The number of carboxylic acids is 3. The van der Waals surface area contributed by atoms with Crippen molar-refractivity contribution in [3.8, 4) is 0 Å². The van der Waals surface area contributed by atoms with Crippen LogP contribution in [0.1, 0.15) is 52.8 Å². The van der Waals surface area contributed by atoms with Crippen LogP contribution in [-0.2, 0) is 28.7 Å². The SMILES string of the molecule is COC(=O)CCC(=O)O.COC(=O)CCCC(=O)Nc1cnc(Cl)cc1C(=O)O.Nc1cnc(Cl)cc1C(=O)O. The summed E-state index contributed by atoms with van der Waals surface area (Å²) in [5, 5.41) is 28.1. The predicted octanol–water partition coefficient (Wildman–Crippen LogP) is 2.75. The van der Waals surface area contributed by atoms with Crippen LogP contribution in [0.4, 0.5) is 11.4 Å². The normalized spacial score (nSPS) is 9.50. The molecule has 40 heavy (non-hydrogen) atoms. The molecule has 0 atom stereocenters. The molecule has 0 aliphatic rings. The number of carbonyl (C=O) groups excluding carboxylic acids is 3. The number of aromatic carboxylic acids is 2. The third-order valence-electron chi connectivity index (χ3n) is 4.29. The van der Waals surface area contributed by atoms with Gasteiger partial charge < -0.3 is 35.8 Å². The molecule has 0 aromatic carbocycles. The summed E-state index contributed by atoms with van der Waals surface area (Å²) in [7, 11) is 2.49. The minimum atomic E-state index is -1.22. The number of aromatic nitrogens is 2. The molecule has 218 valence electrons. The molecule has 6 N–H and O–H groups in total. The summed E-state index contributed by atoms with van der Waals surface area (Å²) < 4.78 is 8.64. The lowest BCUT2D eigenvalue weighted by Gasteiger charge is -2.08. The number of nitrogen functional groups attached to an aromatic ring is 1. The average Bonchev–Trinajstić information content (AvgIpc) is 2.89. The maximum Gasteiger partial charge on any atom is 0.337 e. The van der Waals surface area contributed by atoms with E-state index < -0.39 is 35.8 Å². The van der Waals surface area contributed by atoms with E-state index in [-0.39, 0.29) is 58.5 Å². The lowest BCUT2D eigenvalue weighted by atomic mass is 10.2. The number of nitrogens with one attached hydrogen (secondary N) is 1. The maximum atomic E-state index is 11.6. The number of carbonyl (C=O) groups is 6. The van der Waals surface area contributed by atoms with Crippen molar-refractivity contribution in [2.45, 2.75) is 32.1 Å². The first-order chi connectivity index (χ1) is 18.7. The maximum absolute atomic E-state index is 11.6. The van der Waals surface area contributed by atoms with E-state index in [9.17, 15) is 28.8 Å². The van der Waals surface area contributed by atoms with Gasteiger partial charge in [-0.25, -0.2) is 19.6 Å². The molecule has 0 unspecified atom stereocenters. The molecule has 0 saturated heterocycles. The van der Waals surface area contributed by atoms with Gasteiger partial charge in [-0.3, -0.25) is 19.2 Å². The van der Waals surface area contributed by atoms with Gasteiger partial charge in [0.25, 0.3) is 0 Å². The number of halogens is 2. The van der Waals surface area contributed by atoms with Crippen molar-refractivity contribution >= 4 is 70.3 Å². The summed E-state index contributed by atoms with van der Waals surface area (Å²) in [6, 6.07) is 2.35. The summed E-state index contributed by atoms with van der Waals surface area (Å²) in [5.41, 5.74) is 5.29. The average molecular weight is 605 g/mol. The summed E-state index contributed by atoms with van der Waals surface area (Å²) in [6.45, 7) is 0. The number of ether oxygens (including phenoxy) is 2. The summed E-state index contributed by atoms with van der Waals surface area (Å²) in [5.74, 6) is -4.62. The van der Waals surface area contributed by atoms with E-state index in [1.807, 2.05) is 0 Å². The van der Waals surface area contributed by atoms with Crippen LogP contribution in [0.3, 0.4) is 0 Å². The summed E-state index contributed by atoms with van der Waals surface area (Å²) in [6.07, 6.45) is 2.67. The first kappa shape index (κ1) is 35.5. The van der Waals surface area contributed by atoms with E-state index >= 15 is 0 Å². The van der Waals surface area contributed by atoms with Crippen molar-refractivity contribution in [1.29, 1.82) is 0 Å². The first-order valence-corrected chi connectivity index (χ1v) is 11.7. The zero-order valence-electron chi connectivity index (χ0n) is 21.2. The predicted molar refractivity (Wildman–Crippen MR) is 140 cm³/mol. The Balaban J connectivity index is 0.000000639. The highest BCUT2D eigenvalue weighted by Gasteiger charge is 2.14. The monoisotopic (exact) mass is 604 g/mol. The van der Waals surface area contributed by atoms with Crippen LogP contribution >= 0.6 is 23.2 Å². The van der Waals surface area contributed by atoms with Crippen molar-refractivity contribution in [2.75, 3.05) is 25.3 Å². The van der Waals surface area contributed by atoms with Gasteiger partial charge in [0.05, 0.1) is 62.0 Å². The number of rotatable bonds is 10. The van der Waals surface area contributed by atoms with Gasteiger partial charge >= 0.3 is 29.8 Å². The van der Waals surface area contributed by atoms with Gasteiger partial charge in [-0.05, 0) is 18.6 Å². The van der Waals surface area contributed by atoms with Gasteiger partial charge in [0.2, 0.25) is 5.91 Å². The minimum absolute atomic E-state index is 0.0195. The zero-order valence-corrected chi connectivity index (χ0v) is 22.7. The van der Waals surface area contributed by atoms with Crippen LogP contribution in [0.2, 0.25) is 10.3 Å². The molecule has 0 spiro atoms. The number of amides is 1. The number of hydrogen-bond acceptors (Lipinski definition) is 11. The third-order valence-corrected chi connectivity index (χ3v) is 4.70. The van der Waals surface area contributed by atoms with E-state index in [0.717, 1.165) is 6.07 Å². The Morgan fingerprint density at radius 2 is 1.30 bits per heavy atom. The number of nitrogens with zero attached hydrogens (tertiary/aromatic N) is 2. The number of methoxy groups -OCH3 is 2. The quantitative estimate of drug-likeness (QED) is 0.193. The second-order valence-electron chi connectivity index (χ2n) is 7.20. The van der Waals surface area contributed by atoms with Crippen LogP contribution < -0.4 is 11.1 Å². The highest BCUT2D eigenvalue weighted by atomic mass is 35.5. The molecule has 15 nitrogen and oxygen atoms in total. The molecular weight excluding hydrogens is 579 g/mol. The smallest absolute Gasteiger partial charge is 0.337 e. The van der Waals surface area contributed by atoms with Crippen LogP contribution in [-0.4, -0.2) is 75.3 Å². The van der Waals surface area contributed by atoms with E-state index in [4.69, 9.17) is 44.3 Å². The minimum Gasteiger partial charge on any atom is -0.481 e. The Labute approximate surface area is 237 Å². The lowest BCUT2D eigenvalue weighted by Crippen LogP contribution is -2.15. The largest absolute Gasteiger partial charge is 0.481 e. The van der Waals surface area contributed by atoms with Crippen LogP contribution in [0.25, 0.3) is 0 Å². The van der Waals surface area contributed by atoms with Gasteiger partial charge in [0.1, 0.15) is 10.3 Å². The van der Waals surface area contributed by atoms with Crippen LogP contribution in [0, 0.1) is 0 Å². The van der Waals surface area contributed by atoms with E-state index in [1.54, 1.807) is 0 Å². The summed E-state index contributed by atoms with van der Waals surface area (Å²) >= 11 is 11.0. The zero-order chi connectivity index (χ0) is 30.8. The number of carboxylic acid groups (broad SMARTS) is 3. The Kier molecular flexibility index (Phi) is 16.6. The van der Waals surface area contributed by atoms with Crippen LogP contribution in [0.15, 0.2) is 24.5 Å². The molecule has 2 aromatic heterocycles. The molecular formula is C23H26Cl2N4O11. The van der Waals surface area contributed by atoms with Gasteiger partial charge in [-0.2, -0.15) is 0 Å². The lowest BCUT2D eigenvalue weighted by molar-refractivity contribution is -0.145. The topological polar surface area (TPSA) is 245 Å². The molecule has 0 aliphatic heterocycles. The van der Waals surface area contributed by atoms with E-state index in [2.05, 4.69) is 24.8 Å². The first-order valence-electron chi connectivity index (χ1n) is 10.9. The fraction of sp³-hybridized carbons (Fsp3) is 0.304. The van der Waals surface area contributed by atoms with Gasteiger partial charge in [-0.1, -0.05) is 23.2 Å². The van der Waals surface area contributed by atoms with Crippen LogP contribution in [0.5, 0.6) is 0 Å².